The smallest absolute Gasteiger partial charge is 0.341 e. The van der Waals surface area contributed by atoms with Crippen molar-refractivity contribution in [2.75, 3.05) is 0 Å². The maximum Gasteiger partial charge on any atom is 0.341 e. The standard InChI is InChI=1S/C11H13FO2/c1-2-10(12)11(13)14-8-9-6-4-3-5-7-9/h3-7,10H,2,8H2,1H3. The van der Waals surface area contributed by atoms with Crippen LogP contribution in [0.5, 0.6) is 0 Å². The molecule has 0 heterocycles. The fraction of sp³-hybridized carbons (Fsp3) is 0.364. The molecule has 76 valence electrons. The fourth-order valence-corrected chi connectivity index (χ4v) is 0.986. The lowest BCUT2D eigenvalue weighted by atomic mass is 10.2. The van der Waals surface area contributed by atoms with Crippen LogP contribution in [0.3, 0.4) is 0 Å². The Hall–Kier alpha value is -1.38. The van der Waals surface area contributed by atoms with Crippen molar-refractivity contribution in [3.63, 3.8) is 0 Å². The highest BCUT2D eigenvalue weighted by atomic mass is 19.1. The number of hydrogen-bond donors (Lipinski definition) is 0. The first-order valence-corrected chi connectivity index (χ1v) is 4.58. The van der Waals surface area contributed by atoms with Crippen molar-refractivity contribution >= 4 is 5.97 Å². The second-order valence-corrected chi connectivity index (χ2v) is 2.97. The van der Waals surface area contributed by atoms with E-state index in [1.54, 1.807) is 6.92 Å². The number of esters is 1. The van der Waals surface area contributed by atoms with Gasteiger partial charge in [0.25, 0.3) is 0 Å². The summed E-state index contributed by atoms with van der Waals surface area (Å²) in [5.74, 6) is -0.781. The van der Waals surface area contributed by atoms with Gasteiger partial charge in [0.05, 0.1) is 0 Å². The molecule has 0 bridgehead atoms. The molecule has 1 unspecified atom stereocenters. The summed E-state index contributed by atoms with van der Waals surface area (Å²) in [5, 5.41) is 0. The van der Waals surface area contributed by atoms with E-state index in [4.69, 9.17) is 4.74 Å². The van der Waals surface area contributed by atoms with Crippen molar-refractivity contribution in [3.05, 3.63) is 35.9 Å². The number of carbonyl (C=O) groups is 1. The molecule has 2 nitrogen and oxygen atoms in total. The van der Waals surface area contributed by atoms with E-state index >= 15 is 0 Å². The second-order valence-electron chi connectivity index (χ2n) is 2.97. The molecule has 0 spiro atoms. The Morgan fingerprint density at radius 1 is 1.43 bits per heavy atom. The molecule has 1 rings (SSSR count). The molecule has 0 radical (unpaired) electrons. The van der Waals surface area contributed by atoms with Gasteiger partial charge in [-0.05, 0) is 12.0 Å². The third-order valence-corrected chi connectivity index (χ3v) is 1.84. The van der Waals surface area contributed by atoms with Gasteiger partial charge >= 0.3 is 5.97 Å². The van der Waals surface area contributed by atoms with E-state index in [0.29, 0.717) is 0 Å². The lowest BCUT2D eigenvalue weighted by molar-refractivity contribution is -0.151. The molecule has 0 amide bonds. The van der Waals surface area contributed by atoms with Gasteiger partial charge < -0.3 is 4.74 Å². The number of alkyl halides is 1. The van der Waals surface area contributed by atoms with E-state index in [-0.39, 0.29) is 13.0 Å². The van der Waals surface area contributed by atoms with E-state index in [0.717, 1.165) is 5.56 Å². The quantitative estimate of drug-likeness (QED) is 0.691. The van der Waals surface area contributed by atoms with E-state index < -0.39 is 12.1 Å². The molecule has 0 aliphatic rings. The van der Waals surface area contributed by atoms with E-state index in [1.807, 2.05) is 30.3 Å². The van der Waals surface area contributed by atoms with Crippen LogP contribution in [0.2, 0.25) is 0 Å². The topological polar surface area (TPSA) is 26.3 Å². The van der Waals surface area contributed by atoms with E-state index in [1.165, 1.54) is 0 Å². The van der Waals surface area contributed by atoms with Gasteiger partial charge in [-0.2, -0.15) is 0 Å². The third-order valence-electron chi connectivity index (χ3n) is 1.84. The summed E-state index contributed by atoms with van der Waals surface area (Å²) in [6.07, 6.45) is -1.34. The van der Waals surface area contributed by atoms with Crippen molar-refractivity contribution in [2.45, 2.75) is 26.1 Å². The number of rotatable bonds is 4. The van der Waals surface area contributed by atoms with E-state index in [9.17, 15) is 9.18 Å². The SMILES string of the molecule is CCC(F)C(=O)OCc1ccccc1. The van der Waals surface area contributed by atoms with Gasteiger partial charge in [-0.3, -0.25) is 0 Å². The minimum atomic E-state index is -1.50. The van der Waals surface area contributed by atoms with Crippen LogP contribution in [0.4, 0.5) is 4.39 Å². The highest BCUT2D eigenvalue weighted by molar-refractivity contribution is 5.74. The first-order valence-electron chi connectivity index (χ1n) is 4.58. The third kappa shape index (κ3) is 3.17. The zero-order valence-electron chi connectivity index (χ0n) is 8.07. The zero-order chi connectivity index (χ0) is 10.4. The van der Waals surface area contributed by atoms with Crippen LogP contribution in [-0.4, -0.2) is 12.1 Å². The highest BCUT2D eigenvalue weighted by Gasteiger charge is 2.15. The maximum absolute atomic E-state index is 12.8. The lowest BCUT2D eigenvalue weighted by Crippen LogP contribution is -2.17. The molecule has 0 saturated heterocycles. The number of ether oxygens (including phenoxy) is 1. The number of hydrogen-bond acceptors (Lipinski definition) is 2. The number of carbonyl (C=O) groups excluding carboxylic acids is 1. The Labute approximate surface area is 82.7 Å². The van der Waals surface area contributed by atoms with Crippen molar-refractivity contribution < 1.29 is 13.9 Å². The van der Waals surface area contributed by atoms with Crippen LogP contribution in [0.1, 0.15) is 18.9 Å². The number of halogens is 1. The van der Waals surface area contributed by atoms with Gasteiger partial charge in [0.2, 0.25) is 0 Å². The highest BCUT2D eigenvalue weighted by Crippen LogP contribution is 2.04. The normalized spacial score (nSPS) is 12.1. The molecule has 1 aromatic rings. The van der Waals surface area contributed by atoms with Crippen molar-refractivity contribution in [2.24, 2.45) is 0 Å². The Balaban J connectivity index is 2.38. The summed E-state index contributed by atoms with van der Waals surface area (Å²) in [4.78, 5) is 11.0. The van der Waals surface area contributed by atoms with Gasteiger partial charge in [-0.15, -0.1) is 0 Å². The molecule has 0 aliphatic heterocycles. The molecule has 0 N–H and O–H groups in total. The summed E-state index contributed by atoms with van der Waals surface area (Å²) in [5.41, 5.74) is 0.865. The van der Waals surface area contributed by atoms with Gasteiger partial charge in [0.15, 0.2) is 6.17 Å². The summed E-state index contributed by atoms with van der Waals surface area (Å²) in [7, 11) is 0. The molecule has 1 atom stereocenters. The monoisotopic (exact) mass is 196 g/mol. The molecule has 0 saturated carbocycles. The summed E-state index contributed by atoms with van der Waals surface area (Å²) in [6, 6.07) is 9.21. The largest absolute Gasteiger partial charge is 0.459 e. The predicted octanol–water partition coefficient (Wildman–Crippen LogP) is 2.48. The molecule has 0 aromatic heterocycles. The molecule has 0 aliphatic carbocycles. The molecular formula is C11H13FO2. The van der Waals surface area contributed by atoms with Gasteiger partial charge in [0.1, 0.15) is 6.61 Å². The fourth-order valence-electron chi connectivity index (χ4n) is 0.986. The van der Waals surface area contributed by atoms with Crippen LogP contribution in [0.15, 0.2) is 30.3 Å². The Morgan fingerprint density at radius 3 is 2.64 bits per heavy atom. The van der Waals surface area contributed by atoms with E-state index in [2.05, 4.69) is 0 Å². The molecular weight excluding hydrogens is 183 g/mol. The first-order chi connectivity index (χ1) is 6.74. The van der Waals surface area contributed by atoms with Crippen LogP contribution in [-0.2, 0) is 16.1 Å². The molecule has 14 heavy (non-hydrogen) atoms. The van der Waals surface area contributed by atoms with Gasteiger partial charge in [-0.25, -0.2) is 9.18 Å². The van der Waals surface area contributed by atoms with Crippen molar-refractivity contribution in [3.8, 4) is 0 Å². The zero-order valence-corrected chi connectivity index (χ0v) is 8.07. The average molecular weight is 196 g/mol. The van der Waals surface area contributed by atoms with Crippen molar-refractivity contribution in [1.29, 1.82) is 0 Å². The van der Waals surface area contributed by atoms with Crippen LogP contribution in [0.25, 0.3) is 0 Å². The van der Waals surface area contributed by atoms with Crippen LogP contribution in [0, 0.1) is 0 Å². The van der Waals surface area contributed by atoms with Gasteiger partial charge in [0, 0.05) is 0 Å². The Bertz CT molecular complexity index is 285. The minimum absolute atomic E-state index is 0.139. The Morgan fingerprint density at radius 2 is 2.07 bits per heavy atom. The van der Waals surface area contributed by atoms with Crippen molar-refractivity contribution in [1.82, 2.24) is 0 Å². The first kappa shape index (κ1) is 10.7. The maximum atomic E-state index is 12.8. The molecule has 0 fully saturated rings. The predicted molar refractivity (Wildman–Crippen MR) is 51.4 cm³/mol. The molecule has 3 heteroatoms. The number of benzene rings is 1. The lowest BCUT2D eigenvalue weighted by Gasteiger charge is -2.06. The minimum Gasteiger partial charge on any atom is -0.459 e. The summed E-state index contributed by atoms with van der Waals surface area (Å²) < 4.78 is 17.5. The summed E-state index contributed by atoms with van der Waals surface area (Å²) >= 11 is 0. The average Bonchev–Trinajstić information content (AvgIpc) is 2.26. The van der Waals surface area contributed by atoms with Crippen LogP contribution >= 0.6 is 0 Å². The summed E-state index contributed by atoms with van der Waals surface area (Å²) in [6.45, 7) is 1.74. The van der Waals surface area contributed by atoms with Crippen LogP contribution < -0.4 is 0 Å². The molecule has 1 aromatic carbocycles. The van der Waals surface area contributed by atoms with Gasteiger partial charge in [-0.1, -0.05) is 37.3 Å². The Kier molecular flexibility index (Phi) is 4.11. The second kappa shape index (κ2) is 5.37.